The second-order valence-corrected chi connectivity index (χ2v) is 8.09. The summed E-state index contributed by atoms with van der Waals surface area (Å²) in [4.78, 5) is 1.32. The number of rotatable bonds is 6. The lowest BCUT2D eigenvalue weighted by molar-refractivity contribution is 0.593. The quantitative estimate of drug-likeness (QED) is 0.574. The van der Waals surface area contributed by atoms with Crippen LogP contribution in [0, 0.1) is 13.8 Å². The Kier molecular flexibility index (Phi) is 5.55. The van der Waals surface area contributed by atoms with Crippen molar-refractivity contribution in [2.24, 2.45) is 0 Å². The van der Waals surface area contributed by atoms with Crippen molar-refractivity contribution in [2.45, 2.75) is 23.6 Å². The molecule has 0 heterocycles. The summed E-state index contributed by atoms with van der Waals surface area (Å²) in [6.45, 7) is 7.85. The summed E-state index contributed by atoms with van der Waals surface area (Å²) >= 11 is 1.58. The van der Waals surface area contributed by atoms with Crippen molar-refractivity contribution in [1.29, 1.82) is 0 Å². The van der Waals surface area contributed by atoms with Gasteiger partial charge in [-0.25, -0.2) is 8.42 Å². The predicted octanol–water partition coefficient (Wildman–Crippen LogP) is 4.41. The first-order valence-corrected chi connectivity index (χ1v) is 9.91. The third-order valence-electron chi connectivity index (χ3n) is 3.44. The smallest absolute Gasteiger partial charge is 0.263 e. The minimum atomic E-state index is -3.62. The Labute approximate surface area is 143 Å². The molecule has 0 saturated heterocycles. The van der Waals surface area contributed by atoms with Crippen LogP contribution in [-0.4, -0.2) is 21.2 Å². The average Bonchev–Trinajstić information content (AvgIpc) is 2.51. The van der Waals surface area contributed by atoms with E-state index in [0.717, 1.165) is 16.0 Å². The van der Waals surface area contributed by atoms with Gasteiger partial charge in [0, 0.05) is 4.90 Å². The van der Waals surface area contributed by atoms with Crippen LogP contribution in [0.15, 0.2) is 64.9 Å². The number of benzene rings is 2. The second kappa shape index (κ2) is 7.23. The van der Waals surface area contributed by atoms with Crippen LogP contribution in [0.1, 0.15) is 11.1 Å². The number of hydrogen-bond acceptors (Lipinski definition) is 3. The van der Waals surface area contributed by atoms with Crippen molar-refractivity contribution in [2.75, 3.05) is 17.1 Å². The summed E-state index contributed by atoms with van der Waals surface area (Å²) in [7, 11) is -3.62. The summed E-state index contributed by atoms with van der Waals surface area (Å²) in [6.07, 6.45) is 3.56. The molecule has 0 aromatic heterocycles. The second-order valence-electron chi connectivity index (χ2n) is 5.35. The largest absolute Gasteiger partial charge is 0.264 e. The molecule has 2 aromatic carbocycles. The summed E-state index contributed by atoms with van der Waals surface area (Å²) in [6, 6.07) is 12.7. The standard InChI is InChI=1S/C18H21NO2S2/c1-5-10-19(16-12-14(2)11-15(3)13-16)23(20,21)18-8-6-17(22-4)7-9-18/h5-9,11-13H,1,10H2,2-4H3. The zero-order valence-electron chi connectivity index (χ0n) is 13.6. The van der Waals surface area contributed by atoms with Gasteiger partial charge in [0.25, 0.3) is 10.0 Å². The van der Waals surface area contributed by atoms with Crippen LogP contribution >= 0.6 is 11.8 Å². The van der Waals surface area contributed by atoms with E-state index in [0.29, 0.717) is 5.69 Å². The molecule has 2 rings (SSSR count). The van der Waals surface area contributed by atoms with E-state index in [-0.39, 0.29) is 11.4 Å². The topological polar surface area (TPSA) is 37.4 Å². The van der Waals surface area contributed by atoms with Gasteiger partial charge >= 0.3 is 0 Å². The molecule has 0 amide bonds. The van der Waals surface area contributed by atoms with Gasteiger partial charge in [-0.1, -0.05) is 12.1 Å². The molecule has 0 aliphatic rings. The fraction of sp³-hybridized carbons (Fsp3) is 0.222. The van der Waals surface area contributed by atoms with Gasteiger partial charge in [0.1, 0.15) is 0 Å². The van der Waals surface area contributed by atoms with Crippen molar-refractivity contribution in [3.05, 3.63) is 66.2 Å². The first-order chi connectivity index (χ1) is 10.9. The molecule has 3 nitrogen and oxygen atoms in total. The molecule has 0 radical (unpaired) electrons. The Morgan fingerprint density at radius 2 is 1.65 bits per heavy atom. The molecule has 0 fully saturated rings. The average molecular weight is 348 g/mol. The van der Waals surface area contributed by atoms with Crippen molar-refractivity contribution in [3.63, 3.8) is 0 Å². The molecule has 0 aliphatic carbocycles. The highest BCUT2D eigenvalue weighted by atomic mass is 32.2. The van der Waals surface area contributed by atoms with Crippen LogP contribution in [0.25, 0.3) is 0 Å². The molecule has 0 bridgehead atoms. The van der Waals surface area contributed by atoms with Crippen LogP contribution in [-0.2, 0) is 10.0 Å². The summed E-state index contributed by atoms with van der Waals surface area (Å²) in [5.41, 5.74) is 2.72. The molecule has 0 aliphatic heterocycles. The Morgan fingerprint density at radius 3 is 2.13 bits per heavy atom. The van der Waals surface area contributed by atoms with Gasteiger partial charge in [-0.3, -0.25) is 4.31 Å². The molecule has 5 heteroatoms. The van der Waals surface area contributed by atoms with E-state index in [2.05, 4.69) is 6.58 Å². The van der Waals surface area contributed by atoms with Crippen LogP contribution in [0.5, 0.6) is 0 Å². The van der Waals surface area contributed by atoms with E-state index in [1.54, 1.807) is 30.0 Å². The fourth-order valence-corrected chi connectivity index (χ4v) is 4.26. The van der Waals surface area contributed by atoms with Gasteiger partial charge in [0.05, 0.1) is 17.1 Å². The Morgan fingerprint density at radius 1 is 1.09 bits per heavy atom. The normalized spacial score (nSPS) is 11.3. The van der Waals surface area contributed by atoms with Crippen LogP contribution in [0.3, 0.4) is 0 Å². The van der Waals surface area contributed by atoms with Gasteiger partial charge in [0.15, 0.2) is 0 Å². The fourth-order valence-electron chi connectivity index (χ4n) is 2.43. The predicted molar refractivity (Wildman–Crippen MR) is 98.9 cm³/mol. The number of hydrogen-bond donors (Lipinski definition) is 0. The van der Waals surface area contributed by atoms with Gasteiger partial charge in [-0.05, 0) is 67.6 Å². The number of sulfonamides is 1. The van der Waals surface area contributed by atoms with Crippen LogP contribution in [0.2, 0.25) is 0 Å². The van der Waals surface area contributed by atoms with E-state index < -0.39 is 10.0 Å². The Bertz CT molecular complexity index is 776. The lowest BCUT2D eigenvalue weighted by Crippen LogP contribution is -2.31. The maximum absolute atomic E-state index is 13.0. The van der Waals surface area contributed by atoms with Crippen LogP contribution in [0.4, 0.5) is 5.69 Å². The van der Waals surface area contributed by atoms with Gasteiger partial charge in [0.2, 0.25) is 0 Å². The lowest BCUT2D eigenvalue weighted by Gasteiger charge is -2.24. The number of thioether (sulfide) groups is 1. The van der Waals surface area contributed by atoms with Gasteiger partial charge in [-0.15, -0.1) is 18.3 Å². The molecule has 122 valence electrons. The minimum absolute atomic E-state index is 0.232. The van der Waals surface area contributed by atoms with Gasteiger partial charge < -0.3 is 0 Å². The van der Waals surface area contributed by atoms with E-state index in [1.165, 1.54) is 4.31 Å². The van der Waals surface area contributed by atoms with Gasteiger partial charge in [-0.2, -0.15) is 0 Å². The zero-order chi connectivity index (χ0) is 17.0. The summed E-state index contributed by atoms with van der Waals surface area (Å²) in [5, 5.41) is 0. The van der Waals surface area contributed by atoms with E-state index >= 15 is 0 Å². The minimum Gasteiger partial charge on any atom is -0.263 e. The third kappa shape index (κ3) is 3.98. The maximum atomic E-state index is 13.0. The maximum Gasteiger partial charge on any atom is 0.264 e. The Hall–Kier alpha value is -1.72. The molecule has 0 unspecified atom stereocenters. The third-order valence-corrected chi connectivity index (χ3v) is 5.99. The molecule has 23 heavy (non-hydrogen) atoms. The SMILES string of the molecule is C=CCN(c1cc(C)cc(C)c1)S(=O)(=O)c1ccc(SC)cc1. The molecule has 0 spiro atoms. The highest BCUT2D eigenvalue weighted by Gasteiger charge is 2.24. The molecule has 0 saturated carbocycles. The lowest BCUT2D eigenvalue weighted by atomic mass is 10.1. The van der Waals surface area contributed by atoms with Crippen molar-refractivity contribution in [1.82, 2.24) is 0 Å². The highest BCUT2D eigenvalue weighted by molar-refractivity contribution is 7.98. The zero-order valence-corrected chi connectivity index (χ0v) is 15.2. The van der Waals surface area contributed by atoms with E-state index in [9.17, 15) is 8.42 Å². The number of nitrogens with zero attached hydrogens (tertiary/aromatic N) is 1. The number of anilines is 1. The van der Waals surface area contributed by atoms with E-state index in [1.807, 2.05) is 50.4 Å². The highest BCUT2D eigenvalue weighted by Crippen LogP contribution is 2.27. The Balaban J connectivity index is 2.51. The van der Waals surface area contributed by atoms with Crippen molar-refractivity contribution < 1.29 is 8.42 Å². The summed E-state index contributed by atoms with van der Waals surface area (Å²) < 4.78 is 27.4. The first-order valence-electron chi connectivity index (χ1n) is 7.24. The monoisotopic (exact) mass is 347 g/mol. The van der Waals surface area contributed by atoms with Crippen LogP contribution < -0.4 is 4.31 Å². The molecular formula is C18H21NO2S2. The first kappa shape index (κ1) is 17.6. The van der Waals surface area contributed by atoms with Crippen molar-refractivity contribution in [3.8, 4) is 0 Å². The number of aryl methyl sites for hydroxylation is 2. The molecule has 0 N–H and O–H groups in total. The van der Waals surface area contributed by atoms with Crippen molar-refractivity contribution >= 4 is 27.5 Å². The molecule has 2 aromatic rings. The molecule has 0 atom stereocenters. The molecular weight excluding hydrogens is 326 g/mol. The summed E-state index contributed by atoms with van der Waals surface area (Å²) in [5.74, 6) is 0. The van der Waals surface area contributed by atoms with E-state index in [4.69, 9.17) is 0 Å².